The van der Waals surface area contributed by atoms with Gasteiger partial charge in [-0.2, -0.15) is 0 Å². The SMILES string of the molecule is c1cc(N(c2ccc(-c3cccc4ccccc34)cc2)c2ccccc2-c2ccc3c(c2)sc2ccccc23)cc(-n2c3ccccc3c3ccccc32)c1. The number of fused-ring (bicyclic) bond motifs is 7. The number of hydrogen-bond acceptors (Lipinski definition) is 2. The van der Waals surface area contributed by atoms with E-state index in [0.717, 1.165) is 22.7 Å². The molecule has 0 unspecified atom stereocenters. The van der Waals surface area contributed by atoms with Gasteiger partial charge < -0.3 is 9.47 Å². The van der Waals surface area contributed by atoms with Gasteiger partial charge in [0.15, 0.2) is 0 Å². The predicted octanol–water partition coefficient (Wildman–Crippen LogP) is 15.1. The van der Waals surface area contributed by atoms with Gasteiger partial charge in [0.05, 0.1) is 16.7 Å². The molecule has 0 saturated heterocycles. The van der Waals surface area contributed by atoms with Crippen molar-refractivity contribution in [3.63, 3.8) is 0 Å². The maximum absolute atomic E-state index is 2.43. The molecular weight excluding hydrogens is 685 g/mol. The van der Waals surface area contributed by atoms with Crippen molar-refractivity contribution in [1.82, 2.24) is 4.57 Å². The lowest BCUT2D eigenvalue weighted by Gasteiger charge is -2.28. The molecule has 0 aliphatic carbocycles. The van der Waals surface area contributed by atoms with Crippen LogP contribution in [0.25, 0.3) is 80.7 Å². The van der Waals surface area contributed by atoms with Crippen LogP contribution in [0.2, 0.25) is 0 Å². The highest BCUT2D eigenvalue weighted by molar-refractivity contribution is 7.25. The summed E-state index contributed by atoms with van der Waals surface area (Å²) in [4.78, 5) is 2.43. The Balaban J connectivity index is 1.11. The summed E-state index contributed by atoms with van der Waals surface area (Å²) >= 11 is 1.86. The van der Waals surface area contributed by atoms with Gasteiger partial charge in [0.2, 0.25) is 0 Å². The smallest absolute Gasteiger partial charge is 0.0541 e. The molecule has 9 aromatic carbocycles. The summed E-state index contributed by atoms with van der Waals surface area (Å²) in [5, 5.41) is 7.64. The Morgan fingerprint density at radius 3 is 1.78 bits per heavy atom. The largest absolute Gasteiger partial charge is 0.310 e. The van der Waals surface area contributed by atoms with Crippen LogP contribution in [0.4, 0.5) is 17.1 Å². The molecule has 0 aliphatic heterocycles. The number of hydrogen-bond donors (Lipinski definition) is 0. The minimum absolute atomic E-state index is 1.09. The summed E-state index contributed by atoms with van der Waals surface area (Å²) in [7, 11) is 0. The lowest BCUT2D eigenvalue weighted by atomic mass is 9.97. The monoisotopic (exact) mass is 718 g/mol. The summed E-state index contributed by atoms with van der Waals surface area (Å²) < 4.78 is 5.02. The van der Waals surface area contributed by atoms with Crippen molar-refractivity contribution in [3.05, 3.63) is 206 Å². The van der Waals surface area contributed by atoms with Crippen LogP contribution in [0.1, 0.15) is 0 Å². The van der Waals surface area contributed by atoms with Crippen LogP contribution in [0.5, 0.6) is 0 Å². The van der Waals surface area contributed by atoms with Crippen LogP contribution >= 0.6 is 11.3 Å². The molecule has 0 radical (unpaired) electrons. The Morgan fingerprint density at radius 2 is 0.964 bits per heavy atom. The van der Waals surface area contributed by atoms with Crippen molar-refractivity contribution in [1.29, 1.82) is 0 Å². The van der Waals surface area contributed by atoms with E-state index in [4.69, 9.17) is 0 Å². The lowest BCUT2D eigenvalue weighted by molar-refractivity contribution is 1.17. The fourth-order valence-corrected chi connectivity index (χ4v) is 9.62. The molecule has 258 valence electrons. The van der Waals surface area contributed by atoms with E-state index in [1.165, 1.54) is 75.0 Å². The molecule has 0 amide bonds. The number of rotatable bonds is 6. The van der Waals surface area contributed by atoms with Crippen LogP contribution < -0.4 is 4.90 Å². The van der Waals surface area contributed by atoms with Crippen molar-refractivity contribution in [2.75, 3.05) is 4.90 Å². The van der Waals surface area contributed by atoms with Gasteiger partial charge in [-0.1, -0.05) is 146 Å². The summed E-state index contributed by atoms with van der Waals surface area (Å²) in [6.45, 7) is 0. The molecule has 2 nitrogen and oxygen atoms in total. The Morgan fingerprint density at radius 1 is 0.364 bits per heavy atom. The molecule has 2 heterocycles. The van der Waals surface area contributed by atoms with Crippen molar-refractivity contribution >= 4 is 81.1 Å². The summed E-state index contributed by atoms with van der Waals surface area (Å²) in [5.41, 5.74) is 11.6. The van der Waals surface area contributed by atoms with Gasteiger partial charge in [0.1, 0.15) is 0 Å². The first-order valence-electron chi connectivity index (χ1n) is 18.8. The maximum atomic E-state index is 2.43. The number of anilines is 3. The first kappa shape index (κ1) is 31.6. The molecule has 55 heavy (non-hydrogen) atoms. The molecule has 3 heteroatoms. The first-order chi connectivity index (χ1) is 27.3. The van der Waals surface area contributed by atoms with E-state index in [9.17, 15) is 0 Å². The van der Waals surface area contributed by atoms with Crippen LogP contribution in [0.15, 0.2) is 206 Å². The van der Waals surface area contributed by atoms with Gasteiger partial charge in [0, 0.05) is 53.6 Å². The number of para-hydroxylation sites is 3. The van der Waals surface area contributed by atoms with E-state index >= 15 is 0 Å². The second-order valence-corrected chi connectivity index (χ2v) is 15.2. The van der Waals surface area contributed by atoms with Crippen LogP contribution in [0, 0.1) is 0 Å². The summed E-state index contributed by atoms with van der Waals surface area (Å²) in [6, 6.07) is 75.2. The van der Waals surface area contributed by atoms with Crippen LogP contribution in [0.3, 0.4) is 0 Å². The van der Waals surface area contributed by atoms with Gasteiger partial charge in [-0.05, 0) is 88.1 Å². The lowest BCUT2D eigenvalue weighted by Crippen LogP contribution is -2.11. The zero-order valence-corrected chi connectivity index (χ0v) is 30.7. The standard InChI is InChI=1S/C52H34N2S/c1-2-17-41-35(13-1)14-11-22-42(41)36-27-30-38(31-28-36)53(39-15-12-16-40(34-39)54-49-24-8-4-19-44(49)45-20-5-9-25-50(45)54)48-23-7-3-18-43(48)37-29-32-47-46-21-6-10-26-51(46)55-52(47)33-37/h1-34H. The third-order valence-electron chi connectivity index (χ3n) is 11.0. The fraction of sp³-hybridized carbons (Fsp3) is 0. The Hall–Kier alpha value is -6.94. The number of thiophene rings is 1. The first-order valence-corrected chi connectivity index (χ1v) is 19.6. The van der Waals surface area contributed by atoms with Gasteiger partial charge in [0.25, 0.3) is 0 Å². The third-order valence-corrected chi connectivity index (χ3v) is 12.1. The summed E-state index contributed by atoms with van der Waals surface area (Å²) in [5.74, 6) is 0. The minimum atomic E-state index is 1.09. The van der Waals surface area contributed by atoms with E-state index in [2.05, 4.69) is 216 Å². The van der Waals surface area contributed by atoms with E-state index in [1.807, 2.05) is 11.3 Å². The Kier molecular flexibility index (Phi) is 7.39. The Bertz CT molecular complexity index is 3160. The molecular formula is C52H34N2S. The quantitative estimate of drug-likeness (QED) is 0.166. The van der Waals surface area contributed by atoms with Gasteiger partial charge >= 0.3 is 0 Å². The molecule has 2 aromatic heterocycles. The molecule has 0 aliphatic rings. The van der Waals surface area contributed by atoms with Crippen LogP contribution in [-0.2, 0) is 0 Å². The van der Waals surface area contributed by atoms with E-state index in [-0.39, 0.29) is 0 Å². The average molecular weight is 719 g/mol. The second-order valence-electron chi connectivity index (χ2n) is 14.1. The molecule has 0 fully saturated rings. The number of nitrogens with zero attached hydrogens (tertiary/aromatic N) is 2. The molecule has 0 N–H and O–H groups in total. The van der Waals surface area contributed by atoms with E-state index < -0.39 is 0 Å². The maximum Gasteiger partial charge on any atom is 0.0541 e. The van der Waals surface area contributed by atoms with Gasteiger partial charge in [-0.15, -0.1) is 11.3 Å². The van der Waals surface area contributed by atoms with Crippen LogP contribution in [-0.4, -0.2) is 4.57 Å². The number of aromatic nitrogens is 1. The van der Waals surface area contributed by atoms with Crippen molar-refractivity contribution < 1.29 is 0 Å². The molecule has 0 spiro atoms. The molecule has 11 aromatic rings. The molecule has 0 atom stereocenters. The van der Waals surface area contributed by atoms with E-state index in [1.54, 1.807) is 0 Å². The fourth-order valence-electron chi connectivity index (χ4n) is 8.47. The molecule has 11 rings (SSSR count). The zero-order chi connectivity index (χ0) is 36.3. The normalized spacial score (nSPS) is 11.6. The zero-order valence-electron chi connectivity index (χ0n) is 29.9. The highest BCUT2D eigenvalue weighted by Crippen LogP contribution is 2.44. The van der Waals surface area contributed by atoms with Crippen molar-refractivity contribution in [2.45, 2.75) is 0 Å². The molecule has 0 bridgehead atoms. The Labute approximate surface area is 323 Å². The predicted molar refractivity (Wildman–Crippen MR) is 237 cm³/mol. The number of benzene rings is 9. The molecule has 0 saturated carbocycles. The third kappa shape index (κ3) is 5.24. The van der Waals surface area contributed by atoms with E-state index in [0.29, 0.717) is 0 Å². The second kappa shape index (κ2) is 12.9. The van der Waals surface area contributed by atoms with Crippen molar-refractivity contribution in [3.8, 4) is 27.9 Å². The highest BCUT2D eigenvalue weighted by Gasteiger charge is 2.20. The topological polar surface area (TPSA) is 8.17 Å². The summed E-state index contributed by atoms with van der Waals surface area (Å²) in [6.07, 6.45) is 0. The van der Waals surface area contributed by atoms with Gasteiger partial charge in [-0.25, -0.2) is 0 Å². The van der Waals surface area contributed by atoms with Gasteiger partial charge in [-0.3, -0.25) is 0 Å². The highest BCUT2D eigenvalue weighted by atomic mass is 32.1. The van der Waals surface area contributed by atoms with Crippen molar-refractivity contribution in [2.24, 2.45) is 0 Å². The minimum Gasteiger partial charge on any atom is -0.310 e. The average Bonchev–Trinajstić information content (AvgIpc) is 3.80.